The molecule has 1 aliphatic rings. The van der Waals surface area contributed by atoms with Crippen molar-refractivity contribution in [1.29, 1.82) is 0 Å². The molecule has 2 rings (SSSR count). The van der Waals surface area contributed by atoms with E-state index in [4.69, 9.17) is 9.47 Å². The summed E-state index contributed by atoms with van der Waals surface area (Å²) >= 11 is 0. The van der Waals surface area contributed by atoms with E-state index >= 15 is 0 Å². The lowest BCUT2D eigenvalue weighted by molar-refractivity contribution is -0.134. The predicted molar refractivity (Wildman–Crippen MR) is 162 cm³/mol. The molecular weight excluding hydrogens is 538 g/mol. The van der Waals surface area contributed by atoms with E-state index in [1.165, 1.54) is 0 Å². The van der Waals surface area contributed by atoms with E-state index in [2.05, 4.69) is 16.0 Å². The van der Waals surface area contributed by atoms with Crippen molar-refractivity contribution in [3.8, 4) is 0 Å². The Morgan fingerprint density at radius 3 is 2.21 bits per heavy atom. The van der Waals surface area contributed by atoms with Gasteiger partial charge in [0.25, 0.3) is 0 Å². The number of aliphatic hydroxyl groups is 2. The number of ether oxygens (including phenoxy) is 2. The lowest BCUT2D eigenvalue weighted by Gasteiger charge is -2.36. The van der Waals surface area contributed by atoms with Crippen molar-refractivity contribution in [2.75, 3.05) is 13.2 Å². The number of alkyl carbamates (subject to hydrolysis) is 1. The fourth-order valence-corrected chi connectivity index (χ4v) is 5.25. The summed E-state index contributed by atoms with van der Waals surface area (Å²) < 4.78 is 10.9. The van der Waals surface area contributed by atoms with E-state index < -0.39 is 53.4 Å². The second-order valence-corrected chi connectivity index (χ2v) is 13.6. The first kappa shape index (κ1) is 35.5. The number of aliphatic hydroxyl groups excluding tert-OH is 2. The van der Waals surface area contributed by atoms with E-state index in [1.54, 1.807) is 45.0 Å². The Labute approximate surface area is 251 Å². The Hall–Kier alpha value is -2.69. The van der Waals surface area contributed by atoms with Gasteiger partial charge in [0.05, 0.1) is 17.6 Å². The molecule has 0 heterocycles. The number of amides is 2. The summed E-state index contributed by atoms with van der Waals surface area (Å²) in [6, 6.07) is 7.58. The molecule has 2 amide bonds. The smallest absolute Gasteiger partial charge is 0.408 e. The minimum atomic E-state index is -1.24. The molecule has 1 fully saturated rings. The highest BCUT2D eigenvalue weighted by Gasteiger charge is 2.39. The van der Waals surface area contributed by atoms with Gasteiger partial charge in [0.2, 0.25) is 5.91 Å². The van der Waals surface area contributed by atoms with Crippen molar-refractivity contribution in [1.82, 2.24) is 16.0 Å². The first-order chi connectivity index (χ1) is 19.5. The van der Waals surface area contributed by atoms with Gasteiger partial charge in [-0.05, 0) is 68.9 Å². The molecule has 0 spiro atoms. The molecule has 1 aromatic rings. The second-order valence-electron chi connectivity index (χ2n) is 13.6. The average Bonchev–Trinajstić information content (AvgIpc) is 3.39. The van der Waals surface area contributed by atoms with Crippen LogP contribution in [-0.2, 0) is 14.3 Å². The molecule has 10 nitrogen and oxygen atoms in total. The third-order valence-electron chi connectivity index (χ3n) is 7.96. The normalized spacial score (nSPS) is 21.0. The van der Waals surface area contributed by atoms with Crippen LogP contribution in [-0.4, -0.2) is 71.4 Å². The minimum absolute atomic E-state index is 0.00186. The SMILES string of the molecule is CCC(C)[C@@H](COC(=O)c1ccccc1)NC(=O)[C@H](O)[C@H]1CCC[C@H]1CNC(O)[C@@H](NC(=O)OC(C)(C)C)C(C)(C)C. The maximum absolute atomic E-state index is 13.2. The minimum Gasteiger partial charge on any atom is -0.460 e. The average molecular weight is 592 g/mol. The van der Waals surface area contributed by atoms with Crippen LogP contribution in [0.15, 0.2) is 30.3 Å². The predicted octanol–water partition coefficient (Wildman–Crippen LogP) is 4.00. The van der Waals surface area contributed by atoms with E-state index in [-0.39, 0.29) is 24.4 Å². The van der Waals surface area contributed by atoms with Crippen LogP contribution < -0.4 is 16.0 Å². The van der Waals surface area contributed by atoms with Gasteiger partial charge in [0, 0.05) is 6.54 Å². The zero-order chi connectivity index (χ0) is 31.7. The number of hydrogen-bond donors (Lipinski definition) is 5. The van der Waals surface area contributed by atoms with Gasteiger partial charge < -0.3 is 30.3 Å². The lowest BCUT2D eigenvalue weighted by Crippen LogP contribution is -2.57. The van der Waals surface area contributed by atoms with Crippen LogP contribution in [0.5, 0.6) is 0 Å². The highest BCUT2D eigenvalue weighted by Crippen LogP contribution is 2.34. The van der Waals surface area contributed by atoms with Gasteiger partial charge in [0.1, 0.15) is 24.5 Å². The van der Waals surface area contributed by atoms with E-state index in [0.29, 0.717) is 18.5 Å². The fourth-order valence-electron chi connectivity index (χ4n) is 5.25. The zero-order valence-electron chi connectivity index (χ0n) is 26.6. The summed E-state index contributed by atoms with van der Waals surface area (Å²) in [5, 5.41) is 30.9. The van der Waals surface area contributed by atoms with E-state index in [1.807, 2.05) is 40.7 Å². The van der Waals surface area contributed by atoms with Crippen molar-refractivity contribution in [2.45, 2.75) is 111 Å². The van der Waals surface area contributed by atoms with E-state index in [0.717, 1.165) is 19.3 Å². The number of esters is 1. The molecular formula is C32H53N3O7. The number of rotatable bonds is 13. The third-order valence-corrected chi connectivity index (χ3v) is 7.96. The molecule has 0 saturated heterocycles. The van der Waals surface area contributed by atoms with Crippen LogP contribution in [0.2, 0.25) is 0 Å². The molecule has 0 aliphatic heterocycles. The Balaban J connectivity index is 1.99. The first-order valence-corrected chi connectivity index (χ1v) is 15.1. The van der Waals surface area contributed by atoms with Crippen molar-refractivity contribution >= 4 is 18.0 Å². The van der Waals surface area contributed by atoms with Gasteiger partial charge in [-0.3, -0.25) is 10.1 Å². The highest BCUT2D eigenvalue weighted by atomic mass is 16.6. The Kier molecular flexibility index (Phi) is 13.3. The topological polar surface area (TPSA) is 146 Å². The van der Waals surface area contributed by atoms with Gasteiger partial charge in [-0.1, -0.05) is 65.7 Å². The molecule has 1 aliphatic carbocycles. The molecule has 7 atom stereocenters. The number of benzene rings is 1. The molecule has 1 saturated carbocycles. The number of carbonyl (C=O) groups excluding carboxylic acids is 3. The van der Waals surface area contributed by atoms with Crippen LogP contribution in [0.1, 0.15) is 91.4 Å². The van der Waals surface area contributed by atoms with Gasteiger partial charge in [0.15, 0.2) is 0 Å². The molecule has 0 radical (unpaired) electrons. The summed E-state index contributed by atoms with van der Waals surface area (Å²) in [4.78, 5) is 38.1. The van der Waals surface area contributed by atoms with Gasteiger partial charge >= 0.3 is 12.1 Å². The summed E-state index contributed by atoms with van der Waals surface area (Å²) in [5.74, 6) is -1.30. The summed E-state index contributed by atoms with van der Waals surface area (Å²) in [5.41, 5.74) is -0.714. The standard InChI is InChI=1S/C32H53N3O7/c1-9-20(2)24(19-41-29(39)21-14-11-10-12-15-21)34-27(37)25(36)23-17-13-16-22(23)18-33-28(38)26(31(3,4)5)35-30(40)42-32(6,7)8/h10-12,14-15,20,22-26,28,33,36,38H,9,13,16-19H2,1-8H3,(H,34,37)(H,35,40)/t20?,22-,23-,24+,25+,26+,28?/m0/s1. The first-order valence-electron chi connectivity index (χ1n) is 15.1. The summed E-state index contributed by atoms with van der Waals surface area (Å²) in [6.07, 6.45) is 0.138. The second kappa shape index (κ2) is 15.7. The molecule has 1 aromatic carbocycles. The van der Waals surface area contributed by atoms with Crippen LogP contribution in [0.3, 0.4) is 0 Å². The Morgan fingerprint density at radius 1 is 1.00 bits per heavy atom. The monoisotopic (exact) mass is 591 g/mol. The van der Waals surface area contributed by atoms with Gasteiger partial charge in [-0.15, -0.1) is 0 Å². The molecule has 10 heteroatoms. The van der Waals surface area contributed by atoms with Crippen LogP contribution in [0.25, 0.3) is 0 Å². The molecule has 0 bridgehead atoms. The van der Waals surface area contributed by atoms with Crippen LogP contribution in [0, 0.1) is 23.2 Å². The summed E-state index contributed by atoms with van der Waals surface area (Å²) in [6.45, 7) is 15.4. The van der Waals surface area contributed by atoms with Crippen molar-refractivity contribution in [3.05, 3.63) is 35.9 Å². The highest BCUT2D eigenvalue weighted by molar-refractivity contribution is 5.89. The molecule has 2 unspecified atom stereocenters. The Morgan fingerprint density at radius 2 is 1.64 bits per heavy atom. The third kappa shape index (κ3) is 11.2. The fraction of sp³-hybridized carbons (Fsp3) is 0.719. The van der Waals surface area contributed by atoms with Crippen LogP contribution >= 0.6 is 0 Å². The summed E-state index contributed by atoms with van der Waals surface area (Å²) in [7, 11) is 0. The van der Waals surface area contributed by atoms with Crippen molar-refractivity contribution in [2.24, 2.45) is 23.2 Å². The van der Waals surface area contributed by atoms with Gasteiger partial charge in [-0.25, -0.2) is 9.59 Å². The number of nitrogens with one attached hydrogen (secondary N) is 3. The Bertz CT molecular complexity index is 1010. The molecule has 238 valence electrons. The molecule has 5 N–H and O–H groups in total. The quantitative estimate of drug-likeness (QED) is 0.171. The maximum Gasteiger partial charge on any atom is 0.408 e. The molecule has 0 aromatic heterocycles. The lowest BCUT2D eigenvalue weighted by atomic mass is 9.85. The van der Waals surface area contributed by atoms with Crippen molar-refractivity contribution in [3.63, 3.8) is 0 Å². The molecule has 42 heavy (non-hydrogen) atoms. The number of hydrogen-bond acceptors (Lipinski definition) is 8. The van der Waals surface area contributed by atoms with E-state index in [9.17, 15) is 24.6 Å². The largest absolute Gasteiger partial charge is 0.460 e. The van der Waals surface area contributed by atoms with Crippen molar-refractivity contribution < 1.29 is 34.1 Å². The van der Waals surface area contributed by atoms with Crippen LogP contribution in [0.4, 0.5) is 4.79 Å². The van der Waals surface area contributed by atoms with Gasteiger partial charge in [-0.2, -0.15) is 0 Å². The number of carbonyl (C=O) groups is 3. The maximum atomic E-state index is 13.2. The zero-order valence-corrected chi connectivity index (χ0v) is 26.6.